The number of hydrogen-bond donors (Lipinski definition) is 1. The molecule has 132 valence electrons. The van der Waals surface area contributed by atoms with E-state index in [-0.39, 0.29) is 25.6 Å². The summed E-state index contributed by atoms with van der Waals surface area (Å²) in [5.74, 6) is -3.01. The predicted octanol–water partition coefficient (Wildman–Crippen LogP) is 6.81. The van der Waals surface area contributed by atoms with Gasteiger partial charge in [0.15, 0.2) is 0 Å². The molecule has 0 spiro atoms. The molecule has 0 aliphatic rings. The molecule has 0 radical (unpaired) electrons. The lowest BCUT2D eigenvalue weighted by Crippen LogP contribution is -2.18. The van der Waals surface area contributed by atoms with Crippen LogP contribution in [0.1, 0.15) is 27.4 Å². The molecule has 2 nitrogen and oxygen atoms in total. The lowest BCUT2D eigenvalue weighted by molar-refractivity contribution is -0.139. The second-order valence-electron chi connectivity index (χ2n) is 5.10. The Kier molecular flexibility index (Phi) is 6.19. The highest BCUT2D eigenvalue weighted by atomic mass is 79.9. The summed E-state index contributed by atoms with van der Waals surface area (Å²) < 4.78 is 40.4. The molecule has 0 heterocycles. The molecule has 0 saturated carbocycles. The van der Waals surface area contributed by atoms with Crippen molar-refractivity contribution < 1.29 is 23.1 Å². The number of hydrogen-bond acceptors (Lipinski definition) is 1. The molecular weight excluding hydrogens is 444 g/mol. The molecule has 2 rings (SSSR count). The normalized spacial score (nSPS) is 13.2. The van der Waals surface area contributed by atoms with Gasteiger partial charge >= 0.3 is 12.1 Å². The van der Waals surface area contributed by atoms with Crippen LogP contribution >= 0.6 is 39.1 Å². The van der Waals surface area contributed by atoms with E-state index in [0.717, 1.165) is 6.08 Å². The Labute approximate surface area is 160 Å². The zero-order chi connectivity index (χ0) is 18.8. The third-order valence-electron chi connectivity index (χ3n) is 3.36. The van der Waals surface area contributed by atoms with E-state index in [2.05, 4.69) is 15.9 Å². The van der Waals surface area contributed by atoms with E-state index in [1.54, 1.807) is 0 Å². The summed E-state index contributed by atoms with van der Waals surface area (Å²) >= 11 is 14.6. The van der Waals surface area contributed by atoms with Crippen molar-refractivity contribution >= 4 is 51.2 Å². The molecule has 25 heavy (non-hydrogen) atoms. The maximum atomic E-state index is 13.4. The largest absolute Gasteiger partial charge is 0.478 e. The number of carbonyl (C=O) groups is 1. The van der Waals surface area contributed by atoms with Crippen molar-refractivity contribution in [3.8, 4) is 0 Å². The molecular formula is C17H10BrCl2F3O2. The van der Waals surface area contributed by atoms with Crippen LogP contribution in [0.15, 0.2) is 46.9 Å². The Bertz CT molecular complexity index is 835. The molecule has 8 heteroatoms. The number of halogens is 6. The first-order valence-electron chi connectivity index (χ1n) is 6.82. The Morgan fingerprint density at radius 2 is 1.80 bits per heavy atom. The van der Waals surface area contributed by atoms with Crippen LogP contribution in [0.2, 0.25) is 10.0 Å². The molecule has 0 saturated heterocycles. The van der Waals surface area contributed by atoms with Crippen LogP contribution < -0.4 is 0 Å². The van der Waals surface area contributed by atoms with Gasteiger partial charge in [-0.2, -0.15) is 13.2 Å². The zero-order valence-corrected chi connectivity index (χ0v) is 15.4. The molecule has 0 fully saturated rings. The summed E-state index contributed by atoms with van der Waals surface area (Å²) in [6, 6.07) is 7.92. The first-order chi connectivity index (χ1) is 11.6. The standard InChI is InChI=1S/C17H10BrCl2F3O2/c18-13-7-9(1-4-11(13)16(24)25)2-5-12(17(21,22)23)10-3-6-14(19)15(20)8-10/h1-8,12H,(H,24,25)/b5-2+. The summed E-state index contributed by atoms with van der Waals surface area (Å²) in [6.45, 7) is 0. The van der Waals surface area contributed by atoms with E-state index < -0.39 is 18.1 Å². The third kappa shape index (κ3) is 5.00. The Balaban J connectivity index is 2.37. The Hall–Kier alpha value is -1.50. The average Bonchev–Trinajstić information content (AvgIpc) is 2.49. The predicted molar refractivity (Wildman–Crippen MR) is 95.4 cm³/mol. The van der Waals surface area contributed by atoms with Gasteiger partial charge in [0.2, 0.25) is 0 Å². The summed E-state index contributed by atoms with van der Waals surface area (Å²) in [4.78, 5) is 11.0. The molecule has 1 atom stereocenters. The summed E-state index contributed by atoms with van der Waals surface area (Å²) in [5.41, 5.74) is 0.402. The van der Waals surface area contributed by atoms with Crippen molar-refractivity contribution in [1.29, 1.82) is 0 Å². The van der Waals surface area contributed by atoms with Gasteiger partial charge in [-0.05, 0) is 51.3 Å². The van der Waals surface area contributed by atoms with Gasteiger partial charge in [-0.25, -0.2) is 4.79 Å². The first-order valence-corrected chi connectivity index (χ1v) is 8.37. The molecule has 0 aliphatic heterocycles. The van der Waals surface area contributed by atoms with Gasteiger partial charge in [0.25, 0.3) is 0 Å². The number of rotatable bonds is 4. The van der Waals surface area contributed by atoms with E-state index >= 15 is 0 Å². The van der Waals surface area contributed by atoms with E-state index in [4.69, 9.17) is 28.3 Å². The SMILES string of the molecule is O=C(O)c1ccc(/C=C/C(c2ccc(Cl)c(Cl)c2)C(F)(F)F)cc1Br. The number of alkyl halides is 3. The molecule has 1 unspecified atom stereocenters. The van der Waals surface area contributed by atoms with Gasteiger partial charge in [0.1, 0.15) is 0 Å². The fourth-order valence-corrected chi connectivity index (χ4v) is 3.00. The fourth-order valence-electron chi connectivity index (χ4n) is 2.13. The van der Waals surface area contributed by atoms with Crippen LogP contribution in [0, 0.1) is 0 Å². The molecule has 0 aromatic heterocycles. The van der Waals surface area contributed by atoms with E-state index in [0.29, 0.717) is 5.56 Å². The smallest absolute Gasteiger partial charge is 0.399 e. The summed E-state index contributed by atoms with van der Waals surface area (Å²) in [6.07, 6.45) is -2.26. The summed E-state index contributed by atoms with van der Waals surface area (Å²) in [5, 5.41) is 9.17. The number of carboxylic acids is 1. The highest BCUT2D eigenvalue weighted by Crippen LogP contribution is 2.38. The Morgan fingerprint density at radius 1 is 1.12 bits per heavy atom. The number of allylic oxidation sites excluding steroid dienone is 1. The lowest BCUT2D eigenvalue weighted by atomic mass is 9.97. The van der Waals surface area contributed by atoms with Gasteiger partial charge in [-0.3, -0.25) is 0 Å². The molecule has 0 aliphatic carbocycles. The number of aromatic carboxylic acids is 1. The molecule has 1 N–H and O–H groups in total. The molecule has 0 amide bonds. The van der Waals surface area contributed by atoms with Gasteiger partial charge in [0.05, 0.1) is 21.5 Å². The van der Waals surface area contributed by atoms with Crippen molar-refractivity contribution in [3.05, 3.63) is 73.7 Å². The maximum Gasteiger partial charge on any atom is 0.399 e. The minimum Gasteiger partial charge on any atom is -0.478 e. The van der Waals surface area contributed by atoms with E-state index in [9.17, 15) is 18.0 Å². The minimum atomic E-state index is -4.52. The first kappa shape index (κ1) is 19.8. The number of benzene rings is 2. The van der Waals surface area contributed by atoms with E-state index in [1.165, 1.54) is 42.5 Å². The minimum absolute atomic E-state index is 0.0222. The number of carboxylic acid groups (broad SMARTS) is 1. The van der Waals surface area contributed by atoms with Crippen molar-refractivity contribution in [1.82, 2.24) is 0 Å². The van der Waals surface area contributed by atoms with Crippen molar-refractivity contribution in [2.75, 3.05) is 0 Å². The van der Waals surface area contributed by atoms with Crippen LogP contribution in [0.3, 0.4) is 0 Å². The van der Waals surface area contributed by atoms with Crippen LogP contribution in [0.5, 0.6) is 0 Å². The Morgan fingerprint density at radius 3 is 2.32 bits per heavy atom. The molecule has 0 bridgehead atoms. The second kappa shape index (κ2) is 7.81. The second-order valence-corrected chi connectivity index (χ2v) is 6.77. The van der Waals surface area contributed by atoms with E-state index in [1.807, 2.05) is 0 Å². The van der Waals surface area contributed by atoms with Crippen molar-refractivity contribution in [2.45, 2.75) is 12.1 Å². The highest BCUT2D eigenvalue weighted by molar-refractivity contribution is 9.10. The average molecular weight is 454 g/mol. The van der Waals surface area contributed by atoms with Crippen LogP contribution in [0.25, 0.3) is 6.08 Å². The monoisotopic (exact) mass is 452 g/mol. The van der Waals surface area contributed by atoms with Crippen LogP contribution in [-0.4, -0.2) is 17.3 Å². The van der Waals surface area contributed by atoms with Crippen LogP contribution in [0.4, 0.5) is 13.2 Å². The lowest BCUT2D eigenvalue weighted by Gasteiger charge is -2.18. The van der Waals surface area contributed by atoms with Crippen molar-refractivity contribution in [2.24, 2.45) is 0 Å². The fraction of sp³-hybridized carbons (Fsp3) is 0.118. The zero-order valence-electron chi connectivity index (χ0n) is 12.3. The molecule has 2 aromatic rings. The summed E-state index contributed by atoms with van der Waals surface area (Å²) in [7, 11) is 0. The van der Waals surface area contributed by atoms with Crippen molar-refractivity contribution in [3.63, 3.8) is 0 Å². The maximum absolute atomic E-state index is 13.4. The highest BCUT2D eigenvalue weighted by Gasteiger charge is 2.39. The van der Waals surface area contributed by atoms with Crippen LogP contribution in [-0.2, 0) is 0 Å². The van der Waals surface area contributed by atoms with Gasteiger partial charge < -0.3 is 5.11 Å². The topological polar surface area (TPSA) is 37.3 Å². The molecule has 2 aromatic carbocycles. The van der Waals surface area contributed by atoms with Gasteiger partial charge in [0, 0.05) is 4.47 Å². The third-order valence-corrected chi connectivity index (χ3v) is 4.76. The van der Waals surface area contributed by atoms with Gasteiger partial charge in [-0.1, -0.05) is 47.5 Å². The van der Waals surface area contributed by atoms with Gasteiger partial charge in [-0.15, -0.1) is 0 Å². The quantitative estimate of drug-likeness (QED) is 0.551.